The van der Waals surface area contributed by atoms with Gasteiger partial charge in [0.2, 0.25) is 5.90 Å². The maximum Gasteiger partial charge on any atom is 0.267 e. The lowest BCUT2D eigenvalue weighted by Crippen LogP contribution is -2.43. The number of sulfonamides is 1. The standard InChI is InChI=1S/C27H27F2NO4S/c1-27(2)26(20-10-8-19(9-11-20)18-6-4-3-5-7-18)35(32,33)30-25(34-27)16-21(14-15-31)23-17-22(28)12-13-24(23)29/h3-13,17,21,26,31H,14-16H2,1-2H3/t21-,26?/m1/s1. The summed E-state index contributed by atoms with van der Waals surface area (Å²) >= 11 is 0. The van der Waals surface area contributed by atoms with E-state index in [0.717, 1.165) is 29.3 Å². The second-order valence-corrected chi connectivity index (χ2v) is 10.8. The molecule has 1 aliphatic heterocycles. The number of aliphatic hydroxyl groups is 1. The van der Waals surface area contributed by atoms with Crippen molar-refractivity contribution >= 4 is 15.9 Å². The molecule has 2 atom stereocenters. The second-order valence-electron chi connectivity index (χ2n) is 9.15. The predicted octanol–water partition coefficient (Wildman–Crippen LogP) is 5.77. The number of halogens is 2. The minimum atomic E-state index is -4.04. The molecule has 1 unspecified atom stereocenters. The van der Waals surface area contributed by atoms with Gasteiger partial charge in [0, 0.05) is 13.0 Å². The Morgan fingerprint density at radius 2 is 1.66 bits per heavy atom. The SMILES string of the molecule is CC1(C)OC(C[C@@H](CCO)c2cc(F)ccc2F)=NS(=O)(=O)C1c1ccc(-c2ccccc2)cc1. The van der Waals surface area contributed by atoms with E-state index in [9.17, 15) is 22.3 Å². The van der Waals surface area contributed by atoms with E-state index in [0.29, 0.717) is 5.56 Å². The average molecular weight is 500 g/mol. The molecule has 3 aromatic rings. The fourth-order valence-corrected chi connectivity index (χ4v) is 6.39. The molecule has 0 aliphatic carbocycles. The van der Waals surface area contributed by atoms with Crippen molar-refractivity contribution < 1.29 is 27.0 Å². The Morgan fingerprint density at radius 3 is 2.29 bits per heavy atom. The molecule has 184 valence electrons. The van der Waals surface area contributed by atoms with Crippen LogP contribution in [0.2, 0.25) is 0 Å². The van der Waals surface area contributed by atoms with Crippen LogP contribution < -0.4 is 0 Å². The molecule has 0 bridgehead atoms. The summed E-state index contributed by atoms with van der Waals surface area (Å²) in [6, 6.07) is 20.0. The lowest BCUT2D eigenvalue weighted by Gasteiger charge is -2.38. The van der Waals surface area contributed by atoms with Gasteiger partial charge in [0.25, 0.3) is 10.0 Å². The Labute approximate surface area is 204 Å². The van der Waals surface area contributed by atoms with E-state index in [4.69, 9.17) is 4.74 Å². The van der Waals surface area contributed by atoms with Gasteiger partial charge in [-0.1, -0.05) is 54.6 Å². The van der Waals surface area contributed by atoms with Gasteiger partial charge in [-0.25, -0.2) is 17.2 Å². The first-order valence-corrected chi connectivity index (χ1v) is 12.8. The smallest absolute Gasteiger partial charge is 0.267 e. The van der Waals surface area contributed by atoms with Crippen LogP contribution in [0.5, 0.6) is 0 Å². The van der Waals surface area contributed by atoms with Crippen molar-refractivity contribution in [2.75, 3.05) is 6.61 Å². The van der Waals surface area contributed by atoms with Crippen molar-refractivity contribution in [3.8, 4) is 11.1 Å². The highest BCUT2D eigenvalue weighted by Crippen LogP contribution is 2.42. The van der Waals surface area contributed by atoms with Crippen molar-refractivity contribution in [1.82, 2.24) is 0 Å². The molecule has 1 heterocycles. The summed E-state index contributed by atoms with van der Waals surface area (Å²) in [5.41, 5.74) is 1.38. The topological polar surface area (TPSA) is 76.0 Å². The van der Waals surface area contributed by atoms with Crippen molar-refractivity contribution in [1.29, 1.82) is 0 Å². The molecule has 0 spiro atoms. The Hall–Kier alpha value is -3.10. The zero-order chi connectivity index (χ0) is 25.2. The molecule has 0 amide bonds. The minimum Gasteiger partial charge on any atom is -0.472 e. The summed E-state index contributed by atoms with van der Waals surface area (Å²) < 4.78 is 64.7. The molecule has 4 rings (SSSR count). The van der Waals surface area contributed by atoms with E-state index in [1.165, 1.54) is 0 Å². The van der Waals surface area contributed by atoms with Crippen molar-refractivity contribution in [2.24, 2.45) is 4.40 Å². The monoisotopic (exact) mass is 499 g/mol. The summed E-state index contributed by atoms with van der Waals surface area (Å²) in [6.45, 7) is 3.04. The first-order chi connectivity index (χ1) is 16.6. The molecule has 1 aliphatic rings. The quantitative estimate of drug-likeness (QED) is 0.448. The third kappa shape index (κ3) is 5.44. The largest absolute Gasteiger partial charge is 0.472 e. The van der Waals surface area contributed by atoms with Crippen molar-refractivity contribution in [2.45, 2.75) is 43.5 Å². The van der Waals surface area contributed by atoms with E-state index < -0.39 is 38.4 Å². The summed E-state index contributed by atoms with van der Waals surface area (Å²) in [5.74, 6) is -2.06. The molecule has 3 aromatic carbocycles. The van der Waals surface area contributed by atoms with Crippen LogP contribution in [0.15, 0.2) is 77.2 Å². The minimum absolute atomic E-state index is 0.0409. The van der Waals surface area contributed by atoms with Crippen LogP contribution in [0, 0.1) is 11.6 Å². The molecule has 35 heavy (non-hydrogen) atoms. The summed E-state index contributed by atoms with van der Waals surface area (Å²) in [4.78, 5) is 0. The van der Waals surface area contributed by atoms with Crippen LogP contribution in [0.3, 0.4) is 0 Å². The lowest BCUT2D eigenvalue weighted by molar-refractivity contribution is 0.0797. The number of aliphatic hydroxyl groups excluding tert-OH is 1. The molecular weight excluding hydrogens is 472 g/mol. The normalized spacial score (nSPS) is 19.5. The fourth-order valence-electron chi connectivity index (χ4n) is 4.62. The Kier molecular flexibility index (Phi) is 7.05. The predicted molar refractivity (Wildman–Crippen MR) is 132 cm³/mol. The van der Waals surface area contributed by atoms with Gasteiger partial charge in [-0.2, -0.15) is 0 Å². The highest BCUT2D eigenvalue weighted by Gasteiger charge is 2.47. The molecule has 8 heteroatoms. The van der Waals surface area contributed by atoms with Gasteiger partial charge in [-0.15, -0.1) is 4.40 Å². The van der Waals surface area contributed by atoms with Gasteiger partial charge in [0.1, 0.15) is 22.5 Å². The number of hydrogen-bond donors (Lipinski definition) is 1. The summed E-state index contributed by atoms with van der Waals surface area (Å²) in [6.07, 6.45) is -0.00311. The first kappa shape index (κ1) is 25.0. The molecular formula is C27H27F2NO4S. The first-order valence-electron chi connectivity index (χ1n) is 11.3. The summed E-state index contributed by atoms with van der Waals surface area (Å²) in [7, 11) is -4.04. The van der Waals surface area contributed by atoms with Gasteiger partial charge >= 0.3 is 0 Å². The van der Waals surface area contributed by atoms with Gasteiger partial charge < -0.3 is 9.84 Å². The maximum absolute atomic E-state index is 14.4. The number of benzene rings is 3. The lowest BCUT2D eigenvalue weighted by atomic mass is 9.91. The molecule has 0 aromatic heterocycles. The molecule has 1 N–H and O–H groups in total. The number of hydrogen-bond acceptors (Lipinski definition) is 4. The summed E-state index contributed by atoms with van der Waals surface area (Å²) in [5, 5.41) is 8.42. The second kappa shape index (κ2) is 9.87. The van der Waals surface area contributed by atoms with Crippen molar-refractivity contribution in [3.63, 3.8) is 0 Å². The number of ether oxygens (including phenoxy) is 1. The van der Waals surface area contributed by atoms with Crippen LogP contribution in [0.1, 0.15) is 49.0 Å². The zero-order valence-corrected chi connectivity index (χ0v) is 20.3. The Morgan fingerprint density at radius 1 is 1.00 bits per heavy atom. The third-order valence-corrected chi connectivity index (χ3v) is 8.05. The Bertz CT molecular complexity index is 1320. The highest BCUT2D eigenvalue weighted by atomic mass is 32.2. The van der Waals surface area contributed by atoms with Crippen molar-refractivity contribution in [3.05, 3.63) is 95.6 Å². The van der Waals surface area contributed by atoms with Gasteiger partial charge in [-0.3, -0.25) is 0 Å². The maximum atomic E-state index is 14.4. The third-order valence-electron chi connectivity index (χ3n) is 6.16. The molecule has 0 fully saturated rings. The number of rotatable bonds is 7. The molecule has 0 saturated carbocycles. The van der Waals surface area contributed by atoms with E-state index >= 15 is 0 Å². The van der Waals surface area contributed by atoms with Crippen LogP contribution in [0.25, 0.3) is 11.1 Å². The number of nitrogens with zero attached hydrogens (tertiary/aromatic N) is 1. The Balaban J connectivity index is 1.64. The van der Waals surface area contributed by atoms with E-state index in [2.05, 4.69) is 4.40 Å². The van der Waals surface area contributed by atoms with E-state index in [1.807, 2.05) is 42.5 Å². The van der Waals surface area contributed by atoms with Crippen LogP contribution in [-0.4, -0.2) is 31.6 Å². The van der Waals surface area contributed by atoms with E-state index in [-0.39, 0.29) is 30.9 Å². The zero-order valence-electron chi connectivity index (χ0n) is 19.5. The fraction of sp³-hybridized carbons (Fsp3) is 0.296. The van der Waals surface area contributed by atoms with Gasteiger partial charge in [0.15, 0.2) is 0 Å². The van der Waals surface area contributed by atoms with Gasteiger partial charge in [-0.05, 0) is 66.6 Å². The highest BCUT2D eigenvalue weighted by molar-refractivity contribution is 7.90. The average Bonchev–Trinajstić information content (AvgIpc) is 2.80. The van der Waals surface area contributed by atoms with Crippen LogP contribution in [-0.2, 0) is 14.8 Å². The van der Waals surface area contributed by atoms with Crippen LogP contribution in [0.4, 0.5) is 8.78 Å². The molecule has 0 radical (unpaired) electrons. The molecule has 5 nitrogen and oxygen atoms in total. The van der Waals surface area contributed by atoms with E-state index in [1.54, 1.807) is 26.0 Å². The molecule has 0 saturated heterocycles. The van der Waals surface area contributed by atoms with Crippen LogP contribution >= 0.6 is 0 Å². The van der Waals surface area contributed by atoms with Gasteiger partial charge in [0.05, 0.1) is 0 Å².